The van der Waals surface area contributed by atoms with Gasteiger partial charge in [0.1, 0.15) is 6.61 Å². The number of hydrogen-bond donors (Lipinski definition) is 1. The number of carbonyl (C=O) groups is 2. The first kappa shape index (κ1) is 27.7. The maximum atomic E-state index is 13.0. The number of methoxy groups -OCH3 is 1. The molecular formula is C29H27ClN2O4S2. The molecule has 2 amide bonds. The van der Waals surface area contributed by atoms with Crippen LogP contribution in [0.3, 0.4) is 0 Å². The molecule has 6 nitrogen and oxygen atoms in total. The summed E-state index contributed by atoms with van der Waals surface area (Å²) in [5, 5.41) is 1.48. The minimum Gasteiger partial charge on any atom is -0.493 e. The number of nitrogens with one attached hydrogen (secondary N) is 1. The molecule has 9 heteroatoms. The van der Waals surface area contributed by atoms with Gasteiger partial charge in [-0.15, -0.1) is 0 Å². The van der Waals surface area contributed by atoms with Gasteiger partial charge in [-0.2, -0.15) is 5.01 Å². The normalized spacial score (nSPS) is 14.7. The third kappa shape index (κ3) is 6.56. The van der Waals surface area contributed by atoms with Crippen molar-refractivity contribution < 1.29 is 19.1 Å². The molecule has 0 saturated carbocycles. The third-order valence-corrected chi connectivity index (χ3v) is 7.33. The Morgan fingerprint density at radius 3 is 2.47 bits per heavy atom. The number of thiocarbonyl (C=S) groups is 1. The topological polar surface area (TPSA) is 67.9 Å². The Labute approximate surface area is 236 Å². The molecule has 1 aliphatic heterocycles. The van der Waals surface area contributed by atoms with E-state index in [9.17, 15) is 9.59 Å². The van der Waals surface area contributed by atoms with E-state index in [0.717, 1.165) is 27.9 Å². The van der Waals surface area contributed by atoms with Gasteiger partial charge in [-0.25, -0.2) is 0 Å². The first-order chi connectivity index (χ1) is 18.0. The summed E-state index contributed by atoms with van der Waals surface area (Å²) in [6.07, 6.45) is 1.70. The highest BCUT2D eigenvalue weighted by Gasteiger charge is 2.34. The van der Waals surface area contributed by atoms with Gasteiger partial charge in [0.25, 0.3) is 11.8 Å². The summed E-state index contributed by atoms with van der Waals surface area (Å²) in [6.45, 7) is 6.94. The van der Waals surface area contributed by atoms with E-state index in [2.05, 4.69) is 50.5 Å². The zero-order valence-electron chi connectivity index (χ0n) is 21.4. The summed E-state index contributed by atoms with van der Waals surface area (Å²) >= 11 is 12.4. The molecule has 0 spiro atoms. The van der Waals surface area contributed by atoms with E-state index in [4.69, 9.17) is 33.3 Å². The van der Waals surface area contributed by atoms with Gasteiger partial charge in [-0.3, -0.25) is 15.0 Å². The Bertz CT molecular complexity index is 1410. The molecule has 1 N–H and O–H groups in total. The number of ether oxygens (including phenoxy) is 2. The van der Waals surface area contributed by atoms with E-state index in [0.29, 0.717) is 33.6 Å². The monoisotopic (exact) mass is 566 g/mol. The smallest absolute Gasteiger partial charge is 0.285 e. The summed E-state index contributed by atoms with van der Waals surface area (Å²) in [4.78, 5) is 25.9. The molecule has 1 fully saturated rings. The second-order valence-corrected chi connectivity index (χ2v) is 11.7. The lowest BCUT2D eigenvalue weighted by molar-refractivity contribution is -0.123. The average molecular weight is 567 g/mol. The zero-order chi connectivity index (χ0) is 27.4. The van der Waals surface area contributed by atoms with Gasteiger partial charge < -0.3 is 9.47 Å². The van der Waals surface area contributed by atoms with Crippen LogP contribution >= 0.6 is 35.6 Å². The fourth-order valence-corrected chi connectivity index (χ4v) is 5.04. The second-order valence-electron chi connectivity index (χ2n) is 9.61. The number of rotatable bonds is 7. The molecule has 0 unspecified atom stereocenters. The molecule has 0 bridgehead atoms. The average Bonchev–Trinajstić information content (AvgIpc) is 3.14. The van der Waals surface area contributed by atoms with E-state index >= 15 is 0 Å². The molecule has 0 atom stereocenters. The first-order valence-corrected chi connectivity index (χ1v) is 13.4. The van der Waals surface area contributed by atoms with Crippen LogP contribution in [0.25, 0.3) is 6.08 Å². The first-order valence-electron chi connectivity index (χ1n) is 11.8. The van der Waals surface area contributed by atoms with Gasteiger partial charge in [0.2, 0.25) is 0 Å². The van der Waals surface area contributed by atoms with E-state index < -0.39 is 11.8 Å². The van der Waals surface area contributed by atoms with Crippen LogP contribution in [0, 0.1) is 0 Å². The Morgan fingerprint density at radius 1 is 1.08 bits per heavy atom. The maximum absolute atomic E-state index is 13.0. The quantitative estimate of drug-likeness (QED) is 0.251. The lowest BCUT2D eigenvalue weighted by atomic mass is 9.87. The number of hydrazine groups is 1. The number of thioether (sulfide) groups is 1. The van der Waals surface area contributed by atoms with Crippen molar-refractivity contribution in [1.29, 1.82) is 0 Å². The largest absolute Gasteiger partial charge is 0.493 e. The lowest BCUT2D eigenvalue weighted by Crippen LogP contribution is -2.44. The summed E-state index contributed by atoms with van der Waals surface area (Å²) in [5.41, 5.74) is 6.00. The highest BCUT2D eigenvalue weighted by Crippen LogP contribution is 2.34. The number of benzene rings is 3. The van der Waals surface area contributed by atoms with Gasteiger partial charge in [-0.1, -0.05) is 80.5 Å². The van der Waals surface area contributed by atoms with Crippen LogP contribution in [-0.2, 0) is 16.8 Å². The standard InChI is InChI=1S/C29H27ClN2O4S2/c1-29(2,3)21-11-8-18(9-12-21)17-36-23-13-10-19(14-24(23)35-4)15-25-27(34)32(28(37)38-25)31-26(33)20-6-5-7-22(30)16-20/h5-16H,17H2,1-4H3,(H,31,33)/b25-15+. The van der Waals surface area contributed by atoms with Crippen molar-refractivity contribution in [1.82, 2.24) is 10.4 Å². The van der Waals surface area contributed by atoms with Crippen LogP contribution in [-0.4, -0.2) is 28.3 Å². The molecule has 3 aromatic carbocycles. The van der Waals surface area contributed by atoms with Crippen molar-refractivity contribution >= 4 is 57.8 Å². The van der Waals surface area contributed by atoms with Gasteiger partial charge in [-0.05, 0) is 70.7 Å². The Hall–Kier alpha value is -3.33. The van der Waals surface area contributed by atoms with Crippen molar-refractivity contribution in [3.05, 3.63) is 98.9 Å². The number of carbonyl (C=O) groups excluding carboxylic acids is 2. The number of amides is 2. The third-order valence-electron chi connectivity index (χ3n) is 5.79. The van der Waals surface area contributed by atoms with Crippen molar-refractivity contribution in [3.8, 4) is 11.5 Å². The van der Waals surface area contributed by atoms with Crippen LogP contribution in [0.4, 0.5) is 0 Å². The van der Waals surface area contributed by atoms with Gasteiger partial charge in [0, 0.05) is 10.6 Å². The van der Waals surface area contributed by atoms with E-state index in [1.165, 1.54) is 11.6 Å². The van der Waals surface area contributed by atoms with Gasteiger partial charge in [0.05, 0.1) is 12.0 Å². The molecule has 0 aliphatic carbocycles. The number of nitrogens with zero attached hydrogens (tertiary/aromatic N) is 1. The minimum atomic E-state index is -0.485. The zero-order valence-corrected chi connectivity index (χ0v) is 23.8. The summed E-state index contributed by atoms with van der Waals surface area (Å²) in [7, 11) is 1.56. The van der Waals surface area contributed by atoms with Crippen molar-refractivity contribution in [2.75, 3.05) is 7.11 Å². The molecule has 1 saturated heterocycles. The highest BCUT2D eigenvalue weighted by molar-refractivity contribution is 8.26. The molecular weight excluding hydrogens is 540 g/mol. The number of hydrogen-bond acceptors (Lipinski definition) is 6. The van der Waals surface area contributed by atoms with Crippen LogP contribution in [0.15, 0.2) is 71.6 Å². The van der Waals surface area contributed by atoms with Crippen LogP contribution < -0.4 is 14.9 Å². The van der Waals surface area contributed by atoms with Crippen molar-refractivity contribution in [2.45, 2.75) is 32.8 Å². The SMILES string of the molecule is COc1cc(/C=C2/SC(=S)N(NC(=O)c3cccc(Cl)c3)C2=O)ccc1OCc1ccc(C(C)(C)C)cc1. The summed E-state index contributed by atoms with van der Waals surface area (Å²) < 4.78 is 11.8. The summed E-state index contributed by atoms with van der Waals surface area (Å²) in [6, 6.07) is 20.2. The van der Waals surface area contributed by atoms with E-state index in [1.807, 2.05) is 6.07 Å². The Balaban J connectivity index is 1.44. The predicted molar refractivity (Wildman–Crippen MR) is 156 cm³/mol. The van der Waals surface area contributed by atoms with Crippen molar-refractivity contribution in [3.63, 3.8) is 0 Å². The Kier molecular flexibility index (Phi) is 8.45. The van der Waals surface area contributed by atoms with Gasteiger partial charge >= 0.3 is 0 Å². The van der Waals surface area contributed by atoms with Crippen LogP contribution in [0.2, 0.25) is 5.02 Å². The predicted octanol–water partition coefficient (Wildman–Crippen LogP) is 6.77. The minimum absolute atomic E-state index is 0.0918. The van der Waals surface area contributed by atoms with Crippen molar-refractivity contribution in [2.24, 2.45) is 0 Å². The van der Waals surface area contributed by atoms with Crippen LogP contribution in [0.5, 0.6) is 11.5 Å². The second kappa shape index (κ2) is 11.6. The Morgan fingerprint density at radius 2 is 1.82 bits per heavy atom. The van der Waals surface area contributed by atoms with E-state index in [1.54, 1.807) is 43.5 Å². The molecule has 1 aliphatic rings. The fourth-order valence-electron chi connectivity index (χ4n) is 3.67. The van der Waals surface area contributed by atoms with E-state index in [-0.39, 0.29) is 9.74 Å². The van der Waals surface area contributed by atoms with Crippen LogP contribution in [0.1, 0.15) is 47.8 Å². The summed E-state index contributed by atoms with van der Waals surface area (Å²) in [5.74, 6) is 0.218. The molecule has 196 valence electrons. The molecule has 38 heavy (non-hydrogen) atoms. The molecule has 4 rings (SSSR count). The fraction of sp³-hybridized carbons (Fsp3) is 0.207. The lowest BCUT2D eigenvalue weighted by Gasteiger charge is -2.19. The molecule has 0 aromatic heterocycles. The highest BCUT2D eigenvalue weighted by atomic mass is 35.5. The van der Waals surface area contributed by atoms with Gasteiger partial charge in [0.15, 0.2) is 15.8 Å². The molecule has 1 heterocycles. The molecule has 3 aromatic rings. The number of halogens is 1. The molecule has 0 radical (unpaired) electrons. The maximum Gasteiger partial charge on any atom is 0.285 e.